The number of pyridine rings is 1. The van der Waals surface area contributed by atoms with Crippen molar-refractivity contribution in [3.63, 3.8) is 0 Å². The molecule has 3 fully saturated rings. The Morgan fingerprint density at radius 2 is 1.79 bits per heavy atom. The minimum absolute atomic E-state index is 0.161. The van der Waals surface area contributed by atoms with Gasteiger partial charge in [-0.25, -0.2) is 0 Å². The highest BCUT2D eigenvalue weighted by atomic mass is 16.3. The number of hydrogen-bond acceptors (Lipinski definition) is 2. The normalized spacial score (nSPS) is 46.8. The first-order valence-corrected chi connectivity index (χ1v) is 11.9. The molecule has 1 heterocycles. The fraction of sp³-hybridized carbons (Fsp3) is 0.731. The summed E-state index contributed by atoms with van der Waals surface area (Å²) in [4.78, 5) is 0. The van der Waals surface area contributed by atoms with Crippen molar-refractivity contribution in [3.8, 4) is 0 Å². The van der Waals surface area contributed by atoms with Gasteiger partial charge in [0.2, 0.25) is 0 Å². The van der Waals surface area contributed by atoms with Gasteiger partial charge in [-0.2, -0.15) is 4.57 Å². The van der Waals surface area contributed by atoms with E-state index in [4.69, 9.17) is 0 Å². The second-order valence-corrected chi connectivity index (χ2v) is 10.9. The van der Waals surface area contributed by atoms with Crippen LogP contribution < -0.4 is 4.57 Å². The molecule has 2 N–H and O–H groups in total. The number of aliphatic hydroxyl groups excluding tert-OH is 2. The summed E-state index contributed by atoms with van der Waals surface area (Å²) in [7, 11) is 0. The molecule has 0 amide bonds. The van der Waals surface area contributed by atoms with Crippen LogP contribution in [0.3, 0.4) is 0 Å². The lowest BCUT2D eigenvalue weighted by Crippen LogP contribution is -2.59. The third-order valence-corrected chi connectivity index (χ3v) is 9.87. The van der Waals surface area contributed by atoms with E-state index in [1.54, 1.807) is 0 Å². The minimum Gasteiger partial charge on any atom is -0.393 e. The van der Waals surface area contributed by atoms with E-state index in [2.05, 4.69) is 55.9 Å². The molecule has 3 nitrogen and oxygen atoms in total. The lowest BCUT2D eigenvalue weighted by molar-refractivity contribution is -0.591. The van der Waals surface area contributed by atoms with Crippen molar-refractivity contribution in [3.05, 3.63) is 36.2 Å². The number of fused-ring (bicyclic) bond motifs is 5. The molecule has 0 aromatic carbocycles. The molecule has 1 aromatic heterocycles. The van der Waals surface area contributed by atoms with Crippen LogP contribution >= 0.6 is 0 Å². The van der Waals surface area contributed by atoms with Gasteiger partial charge in [0.25, 0.3) is 0 Å². The van der Waals surface area contributed by atoms with Crippen molar-refractivity contribution in [1.29, 1.82) is 0 Å². The maximum absolute atomic E-state index is 11.4. The summed E-state index contributed by atoms with van der Waals surface area (Å²) >= 11 is 0. The predicted molar refractivity (Wildman–Crippen MR) is 115 cm³/mol. The summed E-state index contributed by atoms with van der Waals surface area (Å²) < 4.78 is 2.37. The maximum Gasteiger partial charge on any atom is 0.192 e. The van der Waals surface area contributed by atoms with Gasteiger partial charge < -0.3 is 10.2 Å². The zero-order valence-corrected chi connectivity index (χ0v) is 18.3. The van der Waals surface area contributed by atoms with Crippen molar-refractivity contribution < 1.29 is 14.8 Å². The Balaban J connectivity index is 1.54. The molecular weight excluding hydrogens is 358 g/mol. The highest BCUT2D eigenvalue weighted by Crippen LogP contribution is 2.68. The number of aromatic nitrogens is 1. The monoisotopic (exact) mass is 396 g/mol. The van der Waals surface area contributed by atoms with E-state index in [9.17, 15) is 10.2 Å². The van der Waals surface area contributed by atoms with Gasteiger partial charge >= 0.3 is 0 Å². The second-order valence-electron chi connectivity index (χ2n) is 10.9. The molecule has 3 heteroatoms. The van der Waals surface area contributed by atoms with E-state index in [1.165, 1.54) is 24.1 Å². The summed E-state index contributed by atoms with van der Waals surface area (Å²) in [5, 5.41) is 21.7. The minimum atomic E-state index is -0.215. The molecule has 0 spiro atoms. The zero-order valence-electron chi connectivity index (χ0n) is 18.3. The molecule has 158 valence electrons. The standard InChI is InChI=1S/C26H38NO2/c1-4-26-11-9-20-23(22(29)16-18-15-19(28)8-10-25(18,20)3)21(26)14-17(2)24(26)27-12-6-5-7-13-27/h5-7,12-13,18-23,28-29H,4,8-11,14-16H2,1-3H3/q+1. The second kappa shape index (κ2) is 6.92. The Hall–Kier alpha value is -1.19. The van der Waals surface area contributed by atoms with Crippen LogP contribution in [0.2, 0.25) is 0 Å². The van der Waals surface area contributed by atoms with Crippen LogP contribution in [0, 0.1) is 34.5 Å². The largest absolute Gasteiger partial charge is 0.393 e. The van der Waals surface area contributed by atoms with Gasteiger partial charge in [-0.05, 0) is 93.0 Å². The first-order chi connectivity index (χ1) is 13.9. The predicted octanol–water partition coefficient (Wildman–Crippen LogP) is 4.58. The van der Waals surface area contributed by atoms with Gasteiger partial charge in [-0.15, -0.1) is 0 Å². The van der Waals surface area contributed by atoms with E-state index in [1.807, 2.05) is 0 Å². The first kappa shape index (κ1) is 19.8. The van der Waals surface area contributed by atoms with Crippen molar-refractivity contribution >= 4 is 5.70 Å². The quantitative estimate of drug-likeness (QED) is 0.719. The average molecular weight is 397 g/mol. The molecule has 5 rings (SSSR count). The molecule has 0 aliphatic heterocycles. The maximum atomic E-state index is 11.4. The molecule has 0 bridgehead atoms. The van der Waals surface area contributed by atoms with Crippen molar-refractivity contribution in [2.24, 2.45) is 34.5 Å². The van der Waals surface area contributed by atoms with E-state index in [0.717, 1.165) is 38.5 Å². The summed E-state index contributed by atoms with van der Waals surface area (Å²) in [6.07, 6.45) is 12.6. The van der Waals surface area contributed by atoms with Crippen molar-refractivity contribution in [2.75, 3.05) is 0 Å². The van der Waals surface area contributed by atoms with Crippen molar-refractivity contribution in [2.45, 2.75) is 84.3 Å². The highest BCUT2D eigenvalue weighted by molar-refractivity contribution is 5.53. The molecule has 4 aliphatic rings. The van der Waals surface area contributed by atoms with Gasteiger partial charge in [-0.3, -0.25) is 0 Å². The van der Waals surface area contributed by atoms with Crippen LogP contribution in [-0.2, 0) is 0 Å². The molecular formula is C26H38NO2+. The van der Waals surface area contributed by atoms with Crippen molar-refractivity contribution in [1.82, 2.24) is 0 Å². The van der Waals surface area contributed by atoms with Crippen LogP contribution in [0.1, 0.15) is 72.1 Å². The van der Waals surface area contributed by atoms with E-state index < -0.39 is 0 Å². The zero-order chi connectivity index (χ0) is 20.4. The molecule has 1 aromatic rings. The summed E-state index contributed by atoms with van der Waals surface area (Å²) in [6, 6.07) is 6.37. The Morgan fingerprint density at radius 1 is 1.03 bits per heavy atom. The van der Waals surface area contributed by atoms with Crippen LogP contribution in [0.15, 0.2) is 36.2 Å². The fourth-order valence-corrected chi connectivity index (χ4v) is 8.55. The molecule has 0 saturated heterocycles. The molecule has 3 saturated carbocycles. The molecule has 8 unspecified atom stereocenters. The third kappa shape index (κ3) is 2.73. The van der Waals surface area contributed by atoms with E-state index in [0.29, 0.717) is 29.1 Å². The Bertz CT molecular complexity index is 804. The summed E-state index contributed by atoms with van der Waals surface area (Å²) in [5.41, 5.74) is 3.52. The van der Waals surface area contributed by atoms with E-state index >= 15 is 0 Å². The van der Waals surface area contributed by atoms with Gasteiger partial charge in [0, 0.05) is 12.1 Å². The van der Waals surface area contributed by atoms with Gasteiger partial charge in [0.15, 0.2) is 18.1 Å². The van der Waals surface area contributed by atoms with Crippen LogP contribution in [-0.4, -0.2) is 22.4 Å². The average Bonchev–Trinajstić information content (AvgIpc) is 3.02. The van der Waals surface area contributed by atoms with Crippen LogP contribution in [0.5, 0.6) is 0 Å². The molecule has 29 heavy (non-hydrogen) atoms. The number of aliphatic hydroxyl groups is 2. The third-order valence-electron chi connectivity index (χ3n) is 9.87. The van der Waals surface area contributed by atoms with Crippen LogP contribution in [0.4, 0.5) is 0 Å². The molecule has 0 radical (unpaired) electrons. The summed E-state index contributed by atoms with van der Waals surface area (Å²) in [5.74, 6) is 2.03. The Morgan fingerprint density at radius 3 is 2.52 bits per heavy atom. The first-order valence-electron chi connectivity index (χ1n) is 11.9. The lowest BCUT2D eigenvalue weighted by atomic mass is 9.43. The SMILES string of the molecule is CCC12CCC3C(C(O)CC4CC(O)CCC43C)C1CC(C)=C2[n+]1ccccc1. The van der Waals surface area contributed by atoms with E-state index in [-0.39, 0.29) is 17.6 Å². The van der Waals surface area contributed by atoms with Crippen LogP contribution in [0.25, 0.3) is 5.70 Å². The highest BCUT2D eigenvalue weighted by Gasteiger charge is 2.64. The lowest BCUT2D eigenvalue weighted by Gasteiger charge is -2.61. The Labute approximate surface area is 175 Å². The topological polar surface area (TPSA) is 44.3 Å². The smallest absolute Gasteiger partial charge is 0.192 e. The number of nitrogens with zero attached hydrogens (tertiary/aromatic N) is 1. The number of hydrogen-bond donors (Lipinski definition) is 2. The fourth-order valence-electron chi connectivity index (χ4n) is 8.55. The molecule has 8 atom stereocenters. The van der Waals surface area contributed by atoms with Gasteiger partial charge in [0.05, 0.1) is 17.6 Å². The summed E-state index contributed by atoms with van der Waals surface area (Å²) in [6.45, 7) is 7.19. The van der Waals surface area contributed by atoms with Gasteiger partial charge in [-0.1, -0.05) is 19.9 Å². The number of rotatable bonds is 2. The number of allylic oxidation sites excluding steroid dienone is 2. The molecule has 4 aliphatic carbocycles. The Kier molecular flexibility index (Phi) is 4.71. The van der Waals surface area contributed by atoms with Gasteiger partial charge in [0.1, 0.15) is 0 Å².